The number of carbonyl (C=O) groups is 2. The highest BCUT2D eigenvalue weighted by Crippen LogP contribution is 2.21. The number of hydrogen-bond donors (Lipinski definition) is 4. The van der Waals surface area contributed by atoms with Crippen molar-refractivity contribution in [1.29, 1.82) is 0 Å². The highest BCUT2D eigenvalue weighted by molar-refractivity contribution is 6.06. The lowest BCUT2D eigenvalue weighted by molar-refractivity contribution is 0.102. The van der Waals surface area contributed by atoms with Gasteiger partial charge in [0.15, 0.2) is 0 Å². The molecule has 0 saturated heterocycles. The van der Waals surface area contributed by atoms with Crippen molar-refractivity contribution in [3.8, 4) is 0 Å². The van der Waals surface area contributed by atoms with Gasteiger partial charge in [0.1, 0.15) is 5.69 Å². The lowest BCUT2D eigenvalue weighted by Crippen LogP contribution is -2.28. The maximum absolute atomic E-state index is 12.1. The number of para-hydroxylation sites is 2. The average molecular weight is 308 g/mol. The zero-order valence-electron chi connectivity index (χ0n) is 12.3. The second kappa shape index (κ2) is 6.65. The lowest BCUT2D eigenvalue weighted by Gasteiger charge is -2.13. The summed E-state index contributed by atoms with van der Waals surface area (Å²) in [4.78, 5) is 27.0. The predicted octanol–water partition coefficient (Wildman–Crippen LogP) is 3.23. The van der Waals surface area contributed by atoms with Crippen molar-refractivity contribution in [3.05, 3.63) is 72.2 Å². The van der Waals surface area contributed by atoms with Gasteiger partial charge in [-0.3, -0.25) is 4.79 Å². The third kappa shape index (κ3) is 3.68. The predicted molar refractivity (Wildman–Crippen MR) is 89.2 cm³/mol. The van der Waals surface area contributed by atoms with E-state index in [0.29, 0.717) is 23.5 Å². The molecule has 0 fully saturated rings. The van der Waals surface area contributed by atoms with Gasteiger partial charge in [-0.15, -0.1) is 0 Å². The van der Waals surface area contributed by atoms with Gasteiger partial charge in [0.05, 0.1) is 11.4 Å². The van der Waals surface area contributed by atoms with Gasteiger partial charge < -0.3 is 20.9 Å². The Morgan fingerprint density at radius 2 is 1.74 bits per heavy atom. The fraction of sp³-hybridized carbons (Fsp3) is 0.0588. The Kier molecular flexibility index (Phi) is 4.24. The molecule has 6 heteroatoms. The number of anilines is 2. The summed E-state index contributed by atoms with van der Waals surface area (Å²) in [7, 11) is 0. The Morgan fingerprint density at radius 3 is 2.39 bits per heavy atom. The van der Waals surface area contributed by atoms with Gasteiger partial charge in [-0.05, 0) is 30.3 Å². The van der Waals surface area contributed by atoms with Crippen LogP contribution in [0.25, 0.3) is 0 Å². The minimum absolute atomic E-state index is 0.271. The van der Waals surface area contributed by atoms with Crippen LogP contribution < -0.4 is 16.0 Å². The van der Waals surface area contributed by atoms with E-state index >= 15 is 0 Å². The highest BCUT2D eigenvalue weighted by Gasteiger charge is 2.12. The minimum Gasteiger partial charge on any atom is -0.357 e. The van der Waals surface area contributed by atoms with Crippen molar-refractivity contribution in [3.63, 3.8) is 0 Å². The fourth-order valence-corrected chi connectivity index (χ4v) is 2.20. The van der Waals surface area contributed by atoms with E-state index in [4.69, 9.17) is 0 Å². The number of rotatable bonds is 4. The molecule has 0 aliphatic heterocycles. The molecule has 4 N–H and O–H groups in total. The molecule has 2 aromatic rings. The van der Waals surface area contributed by atoms with E-state index in [1.165, 1.54) is 0 Å². The molecule has 1 heterocycles. The van der Waals surface area contributed by atoms with Crippen molar-refractivity contribution in [1.82, 2.24) is 10.3 Å². The van der Waals surface area contributed by atoms with Crippen LogP contribution in [-0.2, 0) is 0 Å². The maximum atomic E-state index is 12.1. The van der Waals surface area contributed by atoms with Crippen LogP contribution in [-0.4, -0.2) is 16.9 Å². The van der Waals surface area contributed by atoms with Gasteiger partial charge in [0.2, 0.25) is 0 Å². The Labute approximate surface area is 133 Å². The molecule has 6 nitrogen and oxygen atoms in total. The van der Waals surface area contributed by atoms with Crippen LogP contribution in [0.15, 0.2) is 66.5 Å². The fourth-order valence-electron chi connectivity index (χ4n) is 2.20. The van der Waals surface area contributed by atoms with Crippen molar-refractivity contribution in [2.24, 2.45) is 0 Å². The number of carbonyl (C=O) groups excluding carboxylic acids is 2. The minimum atomic E-state index is -0.346. The molecule has 0 atom stereocenters. The molecule has 1 aromatic heterocycles. The van der Waals surface area contributed by atoms with Crippen molar-refractivity contribution in [2.45, 2.75) is 6.42 Å². The normalized spacial score (nSPS) is 12.6. The molecule has 1 aromatic carbocycles. The van der Waals surface area contributed by atoms with E-state index < -0.39 is 0 Å². The topological polar surface area (TPSA) is 86.0 Å². The number of aromatic nitrogens is 1. The number of H-pyrrole nitrogens is 1. The van der Waals surface area contributed by atoms with E-state index in [0.717, 1.165) is 5.70 Å². The van der Waals surface area contributed by atoms with Crippen LogP contribution in [0, 0.1) is 0 Å². The number of nitrogens with one attached hydrogen (secondary N) is 4. The number of benzene rings is 1. The third-order valence-corrected chi connectivity index (χ3v) is 3.31. The van der Waals surface area contributed by atoms with E-state index in [1.807, 2.05) is 18.2 Å². The molecule has 3 amide bonds. The number of urea groups is 1. The molecular formula is C17H16N4O2. The van der Waals surface area contributed by atoms with Crippen molar-refractivity contribution < 1.29 is 9.59 Å². The van der Waals surface area contributed by atoms with E-state index in [9.17, 15) is 9.59 Å². The first-order valence-corrected chi connectivity index (χ1v) is 7.20. The molecule has 0 unspecified atom stereocenters. The summed E-state index contributed by atoms with van der Waals surface area (Å²) in [6.45, 7) is 0. The van der Waals surface area contributed by atoms with Gasteiger partial charge in [-0.1, -0.05) is 24.3 Å². The quantitative estimate of drug-likeness (QED) is 0.699. The van der Waals surface area contributed by atoms with Gasteiger partial charge >= 0.3 is 6.03 Å². The second-order valence-electron chi connectivity index (χ2n) is 4.99. The summed E-state index contributed by atoms with van der Waals surface area (Å²) < 4.78 is 0. The van der Waals surface area contributed by atoms with Crippen LogP contribution in [0.2, 0.25) is 0 Å². The standard InChI is InChI=1S/C17H16N4O2/c22-16(15-10-5-11-18-15)20-13-8-3-4-9-14(13)21-17(23)19-12-6-1-2-7-12/h1-6,8-11,18H,7H2,(H,20,22)(H2,19,21,23). The molecule has 0 saturated carbocycles. The zero-order valence-corrected chi connectivity index (χ0v) is 12.3. The molecule has 23 heavy (non-hydrogen) atoms. The van der Waals surface area contributed by atoms with Crippen molar-refractivity contribution in [2.75, 3.05) is 10.6 Å². The monoisotopic (exact) mass is 308 g/mol. The molecule has 1 aliphatic rings. The molecule has 3 rings (SSSR count). The molecular weight excluding hydrogens is 292 g/mol. The molecule has 116 valence electrons. The van der Waals surface area contributed by atoms with Gasteiger partial charge in [0, 0.05) is 18.3 Å². The van der Waals surface area contributed by atoms with Crippen LogP contribution in [0.1, 0.15) is 16.9 Å². The first-order chi connectivity index (χ1) is 11.2. The number of allylic oxidation sites excluding steroid dienone is 3. The summed E-state index contributed by atoms with van der Waals surface area (Å²) in [5, 5.41) is 8.28. The first-order valence-electron chi connectivity index (χ1n) is 7.20. The first kappa shape index (κ1) is 14.6. The summed E-state index contributed by atoms with van der Waals surface area (Å²) >= 11 is 0. The van der Waals surface area contributed by atoms with Crippen molar-refractivity contribution >= 4 is 23.3 Å². The third-order valence-electron chi connectivity index (χ3n) is 3.31. The van der Waals surface area contributed by atoms with E-state index in [2.05, 4.69) is 20.9 Å². The Balaban J connectivity index is 1.67. The molecule has 1 aliphatic carbocycles. The Morgan fingerprint density at radius 1 is 0.957 bits per heavy atom. The smallest absolute Gasteiger partial charge is 0.323 e. The van der Waals surface area contributed by atoms with Gasteiger partial charge in [-0.25, -0.2) is 4.79 Å². The summed E-state index contributed by atoms with van der Waals surface area (Å²) in [6.07, 6.45) is 8.08. The lowest BCUT2D eigenvalue weighted by atomic mass is 10.2. The van der Waals surface area contributed by atoms with Crippen LogP contribution in [0.4, 0.5) is 16.2 Å². The van der Waals surface area contributed by atoms with Crippen LogP contribution in [0.5, 0.6) is 0 Å². The van der Waals surface area contributed by atoms with E-state index in [-0.39, 0.29) is 11.9 Å². The summed E-state index contributed by atoms with van der Waals surface area (Å²) in [5.41, 5.74) is 2.33. The summed E-state index contributed by atoms with van der Waals surface area (Å²) in [5.74, 6) is -0.271. The second-order valence-corrected chi connectivity index (χ2v) is 4.99. The SMILES string of the molecule is O=C(NC1=CC=CC1)Nc1ccccc1NC(=O)c1ccc[nH]1. The Bertz CT molecular complexity index is 776. The van der Waals surface area contributed by atoms with Gasteiger partial charge in [0.25, 0.3) is 5.91 Å². The number of hydrogen-bond acceptors (Lipinski definition) is 2. The largest absolute Gasteiger partial charge is 0.357 e. The molecule has 0 spiro atoms. The molecule has 0 bridgehead atoms. The van der Waals surface area contributed by atoms with Crippen LogP contribution in [0.3, 0.4) is 0 Å². The van der Waals surface area contributed by atoms with Gasteiger partial charge in [-0.2, -0.15) is 0 Å². The van der Waals surface area contributed by atoms with Crippen LogP contribution >= 0.6 is 0 Å². The summed E-state index contributed by atoms with van der Waals surface area (Å²) in [6, 6.07) is 10.1. The molecule has 0 radical (unpaired) electrons. The maximum Gasteiger partial charge on any atom is 0.323 e. The number of amides is 3. The number of aromatic amines is 1. The zero-order chi connectivity index (χ0) is 16.1. The Hall–Kier alpha value is -3.28. The van der Waals surface area contributed by atoms with E-state index in [1.54, 1.807) is 42.6 Å². The average Bonchev–Trinajstić information content (AvgIpc) is 3.22. The highest BCUT2D eigenvalue weighted by atomic mass is 16.2.